The summed E-state index contributed by atoms with van der Waals surface area (Å²) in [5.74, 6) is -0.0706. The van der Waals surface area contributed by atoms with Crippen LogP contribution in [0.5, 0.6) is 5.75 Å². The van der Waals surface area contributed by atoms with Crippen molar-refractivity contribution in [3.05, 3.63) is 54.1 Å². The van der Waals surface area contributed by atoms with Crippen molar-refractivity contribution >= 4 is 15.7 Å². The lowest BCUT2D eigenvalue weighted by Gasteiger charge is -2.20. The Balaban J connectivity index is 2.45. The smallest absolute Gasteiger partial charge is 0.264 e. The molecule has 0 heterocycles. The van der Waals surface area contributed by atoms with Gasteiger partial charge in [0.1, 0.15) is 5.75 Å². The predicted octanol–water partition coefficient (Wildman–Crippen LogP) is 2.53. The number of nitrogens with zero attached hydrogens (tertiary/aromatic N) is 1. The van der Waals surface area contributed by atoms with Crippen LogP contribution < -0.4 is 4.31 Å². The molecule has 0 aliphatic heterocycles. The molecule has 0 aliphatic rings. The van der Waals surface area contributed by atoms with Crippen LogP contribution >= 0.6 is 0 Å². The topological polar surface area (TPSA) is 57.6 Å². The highest BCUT2D eigenvalue weighted by Gasteiger charge is 2.21. The molecule has 1 N–H and O–H groups in total. The Bertz CT molecular complexity index is 695. The van der Waals surface area contributed by atoms with Crippen molar-refractivity contribution in [3.63, 3.8) is 0 Å². The molecular weight excluding hydrogens is 262 g/mol. The minimum atomic E-state index is -3.66. The van der Waals surface area contributed by atoms with E-state index >= 15 is 0 Å². The zero-order valence-electron chi connectivity index (χ0n) is 10.7. The number of hydrogen-bond donors (Lipinski definition) is 1. The summed E-state index contributed by atoms with van der Waals surface area (Å²) in [5.41, 5.74) is 1.57. The molecule has 4 nitrogen and oxygen atoms in total. The third kappa shape index (κ3) is 2.71. The van der Waals surface area contributed by atoms with E-state index in [0.29, 0.717) is 5.69 Å². The number of aromatic hydroxyl groups is 1. The molecule has 0 radical (unpaired) electrons. The monoisotopic (exact) mass is 277 g/mol. The first kappa shape index (κ1) is 13.4. The Kier molecular flexibility index (Phi) is 3.48. The highest BCUT2D eigenvalue weighted by molar-refractivity contribution is 7.92. The molecule has 0 fully saturated rings. The summed E-state index contributed by atoms with van der Waals surface area (Å²) in [6.07, 6.45) is 0. The number of hydrogen-bond acceptors (Lipinski definition) is 3. The van der Waals surface area contributed by atoms with Crippen molar-refractivity contribution in [2.75, 3.05) is 11.4 Å². The summed E-state index contributed by atoms with van der Waals surface area (Å²) in [4.78, 5) is 0.0662. The van der Waals surface area contributed by atoms with Crippen LogP contribution in [-0.4, -0.2) is 20.6 Å². The second-order valence-corrected chi connectivity index (χ2v) is 6.28. The molecule has 0 amide bonds. The van der Waals surface area contributed by atoms with Crippen molar-refractivity contribution in [2.45, 2.75) is 11.8 Å². The first-order valence-electron chi connectivity index (χ1n) is 5.76. The van der Waals surface area contributed by atoms with Gasteiger partial charge in [-0.3, -0.25) is 4.31 Å². The van der Waals surface area contributed by atoms with Gasteiger partial charge in [0.15, 0.2) is 0 Å². The van der Waals surface area contributed by atoms with E-state index in [9.17, 15) is 13.5 Å². The molecule has 0 saturated carbocycles. The van der Waals surface area contributed by atoms with Crippen LogP contribution in [0.3, 0.4) is 0 Å². The normalized spacial score (nSPS) is 11.3. The number of rotatable bonds is 3. The van der Waals surface area contributed by atoms with Gasteiger partial charge in [0, 0.05) is 13.1 Å². The molecule has 0 aliphatic carbocycles. The van der Waals surface area contributed by atoms with Crippen LogP contribution in [0.25, 0.3) is 0 Å². The molecule has 0 saturated heterocycles. The fourth-order valence-electron chi connectivity index (χ4n) is 1.76. The van der Waals surface area contributed by atoms with Crippen LogP contribution in [0, 0.1) is 6.92 Å². The third-order valence-electron chi connectivity index (χ3n) is 2.84. The average Bonchev–Trinajstić information content (AvgIpc) is 2.38. The molecule has 5 heteroatoms. The lowest BCUT2D eigenvalue weighted by Crippen LogP contribution is -2.26. The van der Waals surface area contributed by atoms with Crippen LogP contribution in [-0.2, 0) is 10.0 Å². The van der Waals surface area contributed by atoms with Gasteiger partial charge in [-0.05, 0) is 36.8 Å². The Hall–Kier alpha value is -2.01. The lowest BCUT2D eigenvalue weighted by atomic mass is 10.2. The molecule has 0 atom stereocenters. The summed E-state index contributed by atoms with van der Waals surface area (Å²) in [7, 11) is -2.16. The molecule has 100 valence electrons. The first-order valence-corrected chi connectivity index (χ1v) is 7.20. The van der Waals surface area contributed by atoms with Crippen molar-refractivity contribution in [3.8, 4) is 5.75 Å². The van der Waals surface area contributed by atoms with Crippen LogP contribution in [0.15, 0.2) is 53.4 Å². The van der Waals surface area contributed by atoms with Gasteiger partial charge in [-0.25, -0.2) is 8.42 Å². The standard InChI is InChI=1S/C14H15NO3S/c1-11-5-3-6-12(9-11)15(2)19(17,18)14-8-4-7-13(16)10-14/h3-10,16H,1-2H3. The minimum absolute atomic E-state index is 0.0662. The summed E-state index contributed by atoms with van der Waals surface area (Å²) in [6, 6.07) is 12.9. The minimum Gasteiger partial charge on any atom is -0.508 e. The molecule has 2 aromatic carbocycles. The van der Waals surface area contributed by atoms with E-state index in [0.717, 1.165) is 5.56 Å². The number of phenols is 1. The average molecular weight is 277 g/mol. The zero-order valence-corrected chi connectivity index (χ0v) is 11.6. The van der Waals surface area contributed by atoms with E-state index in [1.165, 1.54) is 35.6 Å². The number of phenolic OH excluding ortho intramolecular Hbond substituents is 1. The number of benzene rings is 2. The van der Waals surface area contributed by atoms with Gasteiger partial charge in [0.25, 0.3) is 10.0 Å². The van der Waals surface area contributed by atoms with Gasteiger partial charge < -0.3 is 5.11 Å². The summed E-state index contributed by atoms with van der Waals surface area (Å²) < 4.78 is 26.0. The summed E-state index contributed by atoms with van der Waals surface area (Å²) in [6.45, 7) is 1.90. The van der Waals surface area contributed by atoms with Gasteiger partial charge in [-0.15, -0.1) is 0 Å². The van der Waals surface area contributed by atoms with E-state index in [-0.39, 0.29) is 10.6 Å². The molecule has 2 rings (SSSR count). The third-order valence-corrected chi connectivity index (χ3v) is 4.62. The number of sulfonamides is 1. The van der Waals surface area contributed by atoms with Crippen molar-refractivity contribution < 1.29 is 13.5 Å². The molecule has 0 unspecified atom stereocenters. The highest BCUT2D eigenvalue weighted by atomic mass is 32.2. The van der Waals surface area contributed by atoms with Crippen molar-refractivity contribution in [1.29, 1.82) is 0 Å². The van der Waals surface area contributed by atoms with Gasteiger partial charge in [-0.2, -0.15) is 0 Å². The molecule has 0 spiro atoms. The predicted molar refractivity (Wildman–Crippen MR) is 74.9 cm³/mol. The Morgan fingerprint density at radius 2 is 1.74 bits per heavy atom. The second-order valence-electron chi connectivity index (χ2n) is 4.31. The van der Waals surface area contributed by atoms with Crippen molar-refractivity contribution in [2.24, 2.45) is 0 Å². The quantitative estimate of drug-likeness (QED) is 0.938. The van der Waals surface area contributed by atoms with Gasteiger partial charge >= 0.3 is 0 Å². The molecule has 19 heavy (non-hydrogen) atoms. The Morgan fingerprint density at radius 1 is 1.05 bits per heavy atom. The number of aryl methyl sites for hydroxylation is 1. The number of anilines is 1. The molecular formula is C14H15NO3S. The second kappa shape index (κ2) is 4.93. The highest BCUT2D eigenvalue weighted by Crippen LogP contribution is 2.24. The maximum atomic E-state index is 12.4. The van der Waals surface area contributed by atoms with Crippen LogP contribution in [0.4, 0.5) is 5.69 Å². The zero-order chi connectivity index (χ0) is 14.0. The summed E-state index contributed by atoms with van der Waals surface area (Å²) in [5, 5.41) is 9.39. The van der Waals surface area contributed by atoms with Gasteiger partial charge in [0.2, 0.25) is 0 Å². The summed E-state index contributed by atoms with van der Waals surface area (Å²) >= 11 is 0. The maximum Gasteiger partial charge on any atom is 0.264 e. The molecule has 0 bridgehead atoms. The maximum absolute atomic E-state index is 12.4. The van der Waals surface area contributed by atoms with E-state index in [2.05, 4.69) is 0 Å². The van der Waals surface area contributed by atoms with E-state index in [4.69, 9.17) is 0 Å². The largest absolute Gasteiger partial charge is 0.508 e. The molecule has 0 aromatic heterocycles. The SMILES string of the molecule is Cc1cccc(N(C)S(=O)(=O)c2cccc(O)c2)c1. The van der Waals surface area contributed by atoms with Crippen LogP contribution in [0.2, 0.25) is 0 Å². The van der Waals surface area contributed by atoms with E-state index < -0.39 is 10.0 Å². The fourth-order valence-corrected chi connectivity index (χ4v) is 2.99. The van der Waals surface area contributed by atoms with Gasteiger partial charge in [0.05, 0.1) is 10.6 Å². The molecule has 2 aromatic rings. The van der Waals surface area contributed by atoms with E-state index in [1.54, 1.807) is 18.2 Å². The van der Waals surface area contributed by atoms with Crippen LogP contribution in [0.1, 0.15) is 5.56 Å². The Labute approximate surface area is 113 Å². The first-order chi connectivity index (χ1) is 8.91. The lowest BCUT2D eigenvalue weighted by molar-refractivity contribution is 0.473. The fraction of sp³-hybridized carbons (Fsp3) is 0.143. The van der Waals surface area contributed by atoms with Crippen molar-refractivity contribution in [1.82, 2.24) is 0 Å². The van der Waals surface area contributed by atoms with E-state index in [1.807, 2.05) is 13.0 Å². The Morgan fingerprint density at radius 3 is 2.37 bits per heavy atom. The van der Waals surface area contributed by atoms with Gasteiger partial charge in [-0.1, -0.05) is 18.2 Å².